The minimum absolute atomic E-state index is 0. The summed E-state index contributed by atoms with van der Waals surface area (Å²) < 4.78 is 0. The van der Waals surface area contributed by atoms with Crippen LogP contribution in [-0.4, -0.2) is 10.7 Å². The normalized spacial score (nSPS) is 16.3. The molecular formula is C14H13N2ORb. The Morgan fingerprint density at radius 1 is 1.28 bits per heavy atom. The summed E-state index contributed by atoms with van der Waals surface area (Å²) in [5.74, 6) is 6.07. The molecule has 0 spiro atoms. The summed E-state index contributed by atoms with van der Waals surface area (Å²) in [6.45, 7) is 1.94. The van der Waals surface area contributed by atoms with Gasteiger partial charge < -0.3 is 10.4 Å². The van der Waals surface area contributed by atoms with E-state index in [2.05, 4.69) is 22.0 Å². The van der Waals surface area contributed by atoms with Crippen molar-refractivity contribution in [3.63, 3.8) is 0 Å². The number of aryl methyl sites for hydroxylation is 1. The largest absolute Gasteiger partial charge is 1.00 e. The van der Waals surface area contributed by atoms with E-state index in [1.54, 1.807) is 6.08 Å². The topological polar surface area (TPSA) is 48.3 Å². The smallest absolute Gasteiger partial charge is 0.792 e. The minimum atomic E-state index is 0. The number of nitrogens with zero attached hydrogens (tertiary/aromatic N) is 2. The fourth-order valence-corrected chi connectivity index (χ4v) is 1.73. The summed E-state index contributed by atoms with van der Waals surface area (Å²) in [5.41, 5.74) is 3.28. The molecule has 0 unspecified atom stereocenters. The van der Waals surface area contributed by atoms with Gasteiger partial charge in [-0.25, -0.2) is 4.98 Å². The van der Waals surface area contributed by atoms with E-state index in [-0.39, 0.29) is 58.2 Å². The third-order valence-corrected chi connectivity index (χ3v) is 2.58. The molecule has 2 rings (SSSR count). The minimum Gasteiger partial charge on any atom is -0.792 e. The molecule has 0 saturated heterocycles. The molecule has 86 valence electrons. The second kappa shape index (κ2) is 8.01. The van der Waals surface area contributed by atoms with Gasteiger partial charge in [-0.1, -0.05) is 12.0 Å². The van der Waals surface area contributed by atoms with Crippen LogP contribution in [0, 0.1) is 24.0 Å². The molecule has 1 aromatic heterocycles. The van der Waals surface area contributed by atoms with Crippen molar-refractivity contribution >= 4 is 5.71 Å². The van der Waals surface area contributed by atoms with Crippen LogP contribution in [0.25, 0.3) is 0 Å². The monoisotopic (exact) mass is 310 g/mol. The van der Waals surface area contributed by atoms with Gasteiger partial charge in [-0.3, -0.25) is 0 Å². The maximum Gasteiger partial charge on any atom is 1.00 e. The first kappa shape index (κ1) is 15.8. The molecule has 18 heavy (non-hydrogen) atoms. The summed E-state index contributed by atoms with van der Waals surface area (Å²) in [6, 6.07) is 5.76. The first-order valence-corrected chi connectivity index (χ1v) is 5.63. The molecule has 0 fully saturated rings. The Morgan fingerprint density at radius 3 is 2.83 bits per heavy atom. The summed E-state index contributed by atoms with van der Waals surface area (Å²) in [5, 5.41) is 13.4. The van der Waals surface area contributed by atoms with Crippen LogP contribution in [0.15, 0.2) is 35.0 Å². The summed E-state index contributed by atoms with van der Waals surface area (Å²) >= 11 is 0. The van der Waals surface area contributed by atoms with E-state index < -0.39 is 0 Å². The summed E-state index contributed by atoms with van der Waals surface area (Å²) in [6.07, 6.45) is 4.41. The van der Waals surface area contributed by atoms with Gasteiger partial charge in [0.15, 0.2) is 0 Å². The Bertz CT molecular complexity index is 538. The number of allylic oxidation sites excluding steroid dienone is 2. The van der Waals surface area contributed by atoms with Gasteiger partial charge in [0.2, 0.25) is 0 Å². The third-order valence-electron chi connectivity index (χ3n) is 2.58. The van der Waals surface area contributed by atoms with Gasteiger partial charge >= 0.3 is 58.2 Å². The quantitative estimate of drug-likeness (QED) is 0.492. The summed E-state index contributed by atoms with van der Waals surface area (Å²) in [4.78, 5) is 4.30. The molecule has 1 aromatic rings. The van der Waals surface area contributed by atoms with Gasteiger partial charge in [-0.05, 0) is 50.3 Å². The second-order valence-corrected chi connectivity index (χ2v) is 4.02. The zero-order valence-electron chi connectivity index (χ0n) is 10.7. The second-order valence-electron chi connectivity index (χ2n) is 4.02. The SMILES string of the molecule is Cc1cccc(C#CC2=C/C(=N/[O-])CCC2)n1.[Rb+]. The van der Waals surface area contributed by atoms with Crippen molar-refractivity contribution in [2.45, 2.75) is 26.2 Å². The molecule has 1 heterocycles. The van der Waals surface area contributed by atoms with Crippen molar-refractivity contribution in [3.8, 4) is 11.8 Å². The fourth-order valence-electron chi connectivity index (χ4n) is 1.73. The zero-order valence-corrected chi connectivity index (χ0v) is 15.6. The number of rotatable bonds is 0. The van der Waals surface area contributed by atoms with Crippen LogP contribution in [0.1, 0.15) is 30.7 Å². The van der Waals surface area contributed by atoms with Crippen LogP contribution in [0.4, 0.5) is 0 Å². The molecule has 4 heteroatoms. The molecule has 3 nitrogen and oxygen atoms in total. The fraction of sp³-hybridized carbons (Fsp3) is 0.286. The molecule has 0 atom stereocenters. The van der Waals surface area contributed by atoms with Gasteiger partial charge in [-0.2, -0.15) is 0 Å². The summed E-state index contributed by atoms with van der Waals surface area (Å²) in [7, 11) is 0. The molecule has 0 aromatic carbocycles. The molecule has 0 amide bonds. The molecule has 0 bridgehead atoms. The maximum atomic E-state index is 10.4. The average molecular weight is 311 g/mol. The Labute approximate surface area is 156 Å². The van der Waals surface area contributed by atoms with Gasteiger partial charge in [0.05, 0.1) is 0 Å². The molecule has 0 aliphatic heterocycles. The van der Waals surface area contributed by atoms with Gasteiger partial charge in [0.25, 0.3) is 0 Å². The number of pyridine rings is 1. The molecular weight excluding hydrogens is 298 g/mol. The van der Waals surface area contributed by atoms with Crippen molar-refractivity contribution in [3.05, 3.63) is 46.4 Å². The Morgan fingerprint density at radius 2 is 2.11 bits per heavy atom. The number of hydrogen-bond donors (Lipinski definition) is 0. The first-order valence-electron chi connectivity index (χ1n) is 5.63. The number of aromatic nitrogens is 1. The van der Waals surface area contributed by atoms with Crippen molar-refractivity contribution < 1.29 is 58.2 Å². The van der Waals surface area contributed by atoms with Crippen LogP contribution < -0.4 is 58.2 Å². The van der Waals surface area contributed by atoms with E-state index in [1.807, 2.05) is 25.1 Å². The Balaban J connectivity index is 0.00000162. The maximum absolute atomic E-state index is 10.4. The van der Waals surface area contributed by atoms with Crippen LogP contribution in [0.5, 0.6) is 0 Å². The van der Waals surface area contributed by atoms with E-state index in [1.165, 1.54) is 0 Å². The van der Waals surface area contributed by atoms with E-state index >= 15 is 0 Å². The Kier molecular flexibility index (Phi) is 7.02. The van der Waals surface area contributed by atoms with E-state index in [9.17, 15) is 5.21 Å². The average Bonchev–Trinajstić information content (AvgIpc) is 2.37. The van der Waals surface area contributed by atoms with Crippen LogP contribution in [-0.2, 0) is 0 Å². The van der Waals surface area contributed by atoms with Gasteiger partial charge in [0.1, 0.15) is 5.69 Å². The third kappa shape index (κ3) is 4.77. The van der Waals surface area contributed by atoms with Crippen molar-refractivity contribution in [2.75, 3.05) is 0 Å². The van der Waals surface area contributed by atoms with Crippen LogP contribution >= 0.6 is 0 Å². The molecule has 1 aliphatic carbocycles. The van der Waals surface area contributed by atoms with Gasteiger partial charge in [-0.15, -0.1) is 0 Å². The van der Waals surface area contributed by atoms with Crippen LogP contribution in [0.3, 0.4) is 0 Å². The predicted molar refractivity (Wildman–Crippen MR) is 68.6 cm³/mol. The Hall–Kier alpha value is -0.275. The van der Waals surface area contributed by atoms with Gasteiger partial charge in [0, 0.05) is 17.0 Å². The zero-order chi connectivity index (χ0) is 12.1. The van der Waals surface area contributed by atoms with E-state index in [0.717, 1.165) is 36.2 Å². The first-order chi connectivity index (χ1) is 8.28. The van der Waals surface area contributed by atoms with Crippen LogP contribution in [0.2, 0.25) is 0 Å². The van der Waals surface area contributed by atoms with Crippen molar-refractivity contribution in [2.24, 2.45) is 5.16 Å². The van der Waals surface area contributed by atoms with Crippen molar-refractivity contribution in [1.82, 2.24) is 4.98 Å². The molecule has 1 aliphatic rings. The number of hydrogen-bond acceptors (Lipinski definition) is 3. The molecule has 0 saturated carbocycles. The van der Waals surface area contributed by atoms with E-state index in [4.69, 9.17) is 0 Å². The molecule has 0 N–H and O–H groups in total. The standard InChI is InChI=1S/C14H14N2O.Rb/c1-11-4-2-6-13(15-11)9-8-12-5-3-7-14(10-12)16-17;/h2,4,6,10,17H,3,5,7H2,1H3;/q;+1/p-1/b16-14+;. The molecule has 0 radical (unpaired) electrons. The van der Waals surface area contributed by atoms with Crippen molar-refractivity contribution in [1.29, 1.82) is 0 Å². The predicted octanol–water partition coefficient (Wildman–Crippen LogP) is -0.205. The van der Waals surface area contributed by atoms with E-state index in [0.29, 0.717) is 5.71 Å².